The minimum atomic E-state index is -0.981. The molecule has 1 amide bonds. The van der Waals surface area contributed by atoms with E-state index in [1.165, 1.54) is 6.07 Å². The van der Waals surface area contributed by atoms with Crippen molar-refractivity contribution in [2.24, 2.45) is 0 Å². The third kappa shape index (κ3) is 5.96. The zero-order valence-corrected chi connectivity index (χ0v) is 20.9. The van der Waals surface area contributed by atoms with E-state index in [0.717, 1.165) is 17.7 Å². The Kier molecular flexibility index (Phi) is 7.35. The molecule has 0 fully saturated rings. The summed E-state index contributed by atoms with van der Waals surface area (Å²) in [5.41, 5.74) is 2.61. The van der Waals surface area contributed by atoms with E-state index in [1.54, 1.807) is 43.5 Å². The van der Waals surface area contributed by atoms with Crippen molar-refractivity contribution in [1.82, 2.24) is 20.3 Å². The van der Waals surface area contributed by atoms with Crippen molar-refractivity contribution >= 4 is 22.8 Å². The monoisotopic (exact) mass is 529 g/mol. The largest absolute Gasteiger partial charge is 0.491 e. The second kappa shape index (κ2) is 11.2. The normalized spacial score (nSPS) is 12.6. The number of halogens is 2. The van der Waals surface area contributed by atoms with Crippen LogP contribution in [0.3, 0.4) is 0 Å². The van der Waals surface area contributed by atoms with Gasteiger partial charge in [0.2, 0.25) is 0 Å². The highest BCUT2D eigenvalue weighted by Gasteiger charge is 2.20. The van der Waals surface area contributed by atoms with E-state index in [1.807, 2.05) is 30.3 Å². The first-order valence-electron chi connectivity index (χ1n) is 12.2. The SMILES string of the molecule is C[C@H](NC(=O)c1cccnc1N[C@@H](COc1ccc2[nH]c(=O)[nH]c2c1)c1ccccc1)c1ccc(F)c(F)c1. The van der Waals surface area contributed by atoms with E-state index in [9.17, 15) is 18.4 Å². The molecule has 198 valence electrons. The van der Waals surface area contributed by atoms with Gasteiger partial charge in [0.05, 0.1) is 28.7 Å². The predicted octanol–water partition coefficient (Wildman–Crippen LogP) is 5.25. The number of nitrogens with zero attached hydrogens (tertiary/aromatic N) is 1. The maximum absolute atomic E-state index is 13.7. The fourth-order valence-corrected chi connectivity index (χ4v) is 4.20. The Morgan fingerprint density at radius 2 is 1.72 bits per heavy atom. The van der Waals surface area contributed by atoms with Crippen LogP contribution >= 0.6 is 0 Å². The first-order chi connectivity index (χ1) is 18.9. The lowest BCUT2D eigenvalue weighted by Crippen LogP contribution is -2.29. The molecule has 5 aromatic rings. The molecule has 0 aliphatic carbocycles. The van der Waals surface area contributed by atoms with Gasteiger partial charge in [-0.3, -0.25) is 4.79 Å². The average Bonchev–Trinajstić information content (AvgIpc) is 3.32. The molecule has 2 heterocycles. The minimum absolute atomic E-state index is 0.188. The molecular formula is C29H25F2N5O3. The molecular weight excluding hydrogens is 504 g/mol. The summed E-state index contributed by atoms with van der Waals surface area (Å²) in [7, 11) is 0. The summed E-state index contributed by atoms with van der Waals surface area (Å²) < 4.78 is 33.1. The number of fused-ring (bicyclic) bond motifs is 1. The first-order valence-corrected chi connectivity index (χ1v) is 12.2. The van der Waals surface area contributed by atoms with Crippen molar-refractivity contribution in [1.29, 1.82) is 0 Å². The third-order valence-electron chi connectivity index (χ3n) is 6.26. The number of H-pyrrole nitrogens is 2. The van der Waals surface area contributed by atoms with Crippen molar-refractivity contribution < 1.29 is 18.3 Å². The molecule has 3 aromatic carbocycles. The van der Waals surface area contributed by atoms with Crippen molar-refractivity contribution in [2.75, 3.05) is 11.9 Å². The molecule has 0 spiro atoms. The van der Waals surface area contributed by atoms with Gasteiger partial charge in [0.15, 0.2) is 11.6 Å². The second-order valence-corrected chi connectivity index (χ2v) is 8.97. The van der Waals surface area contributed by atoms with Gasteiger partial charge in [0.25, 0.3) is 5.91 Å². The van der Waals surface area contributed by atoms with Gasteiger partial charge in [-0.15, -0.1) is 0 Å². The Morgan fingerprint density at radius 1 is 0.923 bits per heavy atom. The fourth-order valence-electron chi connectivity index (χ4n) is 4.20. The van der Waals surface area contributed by atoms with Crippen molar-refractivity contribution in [3.63, 3.8) is 0 Å². The molecule has 0 bridgehead atoms. The van der Waals surface area contributed by atoms with Crippen LogP contribution in [0.5, 0.6) is 5.75 Å². The van der Waals surface area contributed by atoms with Gasteiger partial charge in [0, 0.05) is 12.3 Å². The molecule has 5 rings (SSSR count). The molecule has 2 aromatic heterocycles. The van der Waals surface area contributed by atoms with Crippen molar-refractivity contribution in [2.45, 2.75) is 19.0 Å². The van der Waals surface area contributed by atoms with Crippen LogP contribution in [-0.2, 0) is 0 Å². The van der Waals surface area contributed by atoms with Crippen LogP contribution in [0.15, 0.2) is 89.9 Å². The van der Waals surface area contributed by atoms with Crippen molar-refractivity contribution in [3.05, 3.63) is 124 Å². The van der Waals surface area contributed by atoms with E-state index in [4.69, 9.17) is 4.74 Å². The number of nitrogens with one attached hydrogen (secondary N) is 4. The average molecular weight is 530 g/mol. The van der Waals surface area contributed by atoms with E-state index in [0.29, 0.717) is 28.2 Å². The second-order valence-electron chi connectivity index (χ2n) is 8.97. The number of ether oxygens (including phenoxy) is 1. The standard InChI is InChI=1S/C29H25F2N5O3/c1-17(19-9-11-22(30)23(31)14-19)33-28(37)21-8-5-13-32-27(21)34-26(18-6-3-2-4-7-18)16-39-20-10-12-24-25(15-20)36-29(38)35-24/h2-15,17,26H,16H2,1H3,(H,32,34)(H,33,37)(H2,35,36,38)/t17-,26-/m0/s1. The zero-order chi connectivity index (χ0) is 27.4. The highest BCUT2D eigenvalue weighted by molar-refractivity contribution is 5.99. The number of carbonyl (C=O) groups is 1. The molecule has 0 saturated carbocycles. The molecule has 0 unspecified atom stereocenters. The van der Waals surface area contributed by atoms with E-state index in [2.05, 4.69) is 25.6 Å². The third-order valence-corrected chi connectivity index (χ3v) is 6.26. The van der Waals surface area contributed by atoms with Gasteiger partial charge >= 0.3 is 5.69 Å². The van der Waals surface area contributed by atoms with E-state index >= 15 is 0 Å². The van der Waals surface area contributed by atoms with Crippen LogP contribution in [0.25, 0.3) is 11.0 Å². The number of carbonyl (C=O) groups excluding carboxylic acids is 1. The van der Waals surface area contributed by atoms with Crippen LogP contribution in [0.4, 0.5) is 14.6 Å². The number of imidazole rings is 1. The van der Waals surface area contributed by atoms with Gasteiger partial charge in [0.1, 0.15) is 18.2 Å². The van der Waals surface area contributed by atoms with Crippen LogP contribution in [-0.4, -0.2) is 27.5 Å². The van der Waals surface area contributed by atoms with Crippen LogP contribution in [0.1, 0.15) is 40.5 Å². The van der Waals surface area contributed by atoms with Crippen LogP contribution < -0.4 is 21.1 Å². The lowest BCUT2D eigenvalue weighted by atomic mass is 10.1. The number of pyridine rings is 1. The number of amides is 1. The highest BCUT2D eigenvalue weighted by atomic mass is 19.2. The summed E-state index contributed by atoms with van der Waals surface area (Å²) in [6.07, 6.45) is 1.57. The van der Waals surface area contributed by atoms with Crippen LogP contribution in [0, 0.1) is 11.6 Å². The molecule has 0 aliphatic rings. The minimum Gasteiger partial charge on any atom is -0.491 e. The summed E-state index contributed by atoms with van der Waals surface area (Å²) in [4.78, 5) is 34.6. The Morgan fingerprint density at radius 3 is 2.51 bits per heavy atom. The van der Waals surface area contributed by atoms with Gasteiger partial charge in [-0.25, -0.2) is 18.6 Å². The summed E-state index contributed by atoms with van der Waals surface area (Å²) in [6.45, 7) is 1.87. The summed E-state index contributed by atoms with van der Waals surface area (Å²) in [5, 5.41) is 6.13. The lowest BCUT2D eigenvalue weighted by molar-refractivity contribution is 0.0940. The van der Waals surface area contributed by atoms with Gasteiger partial charge in [-0.1, -0.05) is 36.4 Å². The molecule has 2 atom stereocenters. The van der Waals surface area contributed by atoms with E-state index in [-0.39, 0.29) is 17.9 Å². The quantitative estimate of drug-likeness (QED) is 0.208. The molecule has 10 heteroatoms. The number of aromatic nitrogens is 3. The number of hydrogen-bond acceptors (Lipinski definition) is 5. The highest BCUT2D eigenvalue weighted by Crippen LogP contribution is 2.25. The summed E-state index contributed by atoms with van der Waals surface area (Å²) in [5.74, 6) is -1.48. The molecule has 8 nitrogen and oxygen atoms in total. The number of rotatable bonds is 9. The van der Waals surface area contributed by atoms with Gasteiger partial charge in [-0.2, -0.15) is 0 Å². The number of benzene rings is 3. The van der Waals surface area contributed by atoms with Crippen molar-refractivity contribution in [3.8, 4) is 5.75 Å². The first kappa shape index (κ1) is 25.7. The predicted molar refractivity (Wildman–Crippen MR) is 144 cm³/mol. The topological polar surface area (TPSA) is 112 Å². The summed E-state index contributed by atoms with van der Waals surface area (Å²) >= 11 is 0. The smallest absolute Gasteiger partial charge is 0.323 e. The summed E-state index contributed by atoms with van der Waals surface area (Å²) in [6, 6.07) is 20.6. The Labute approximate surface area is 222 Å². The van der Waals surface area contributed by atoms with E-state index < -0.39 is 29.6 Å². The molecule has 0 aliphatic heterocycles. The molecule has 0 radical (unpaired) electrons. The Hall–Kier alpha value is -4.99. The molecule has 0 saturated heterocycles. The van der Waals surface area contributed by atoms with Gasteiger partial charge < -0.3 is 25.3 Å². The molecule has 4 N–H and O–H groups in total. The Balaban J connectivity index is 1.35. The zero-order valence-electron chi connectivity index (χ0n) is 20.9. The number of aromatic amines is 2. The Bertz CT molecular complexity index is 1670. The van der Waals surface area contributed by atoms with Gasteiger partial charge in [-0.05, 0) is 54.4 Å². The number of anilines is 1. The van der Waals surface area contributed by atoms with Crippen LogP contribution in [0.2, 0.25) is 0 Å². The molecule has 39 heavy (non-hydrogen) atoms. The maximum Gasteiger partial charge on any atom is 0.323 e. The lowest BCUT2D eigenvalue weighted by Gasteiger charge is -2.22. The number of hydrogen-bond donors (Lipinski definition) is 4. The maximum atomic E-state index is 13.7. The fraction of sp³-hybridized carbons (Fsp3) is 0.138.